The van der Waals surface area contributed by atoms with E-state index in [2.05, 4.69) is 17.2 Å². The van der Waals surface area contributed by atoms with Gasteiger partial charge in [0.25, 0.3) is 0 Å². The summed E-state index contributed by atoms with van der Waals surface area (Å²) in [5.74, 6) is 0. The molecule has 2 aromatic heterocycles. The molecule has 86 valence electrons. The number of thiophene rings is 1. The van der Waals surface area contributed by atoms with Crippen LogP contribution in [0.25, 0.3) is 0 Å². The minimum Gasteiger partial charge on any atom is -0.336 e. The minimum absolute atomic E-state index is 0.130. The number of aromatic nitrogens is 2. The predicted molar refractivity (Wildman–Crippen MR) is 68.1 cm³/mol. The lowest BCUT2D eigenvalue weighted by Gasteiger charge is -2.17. The molecule has 0 aliphatic heterocycles. The van der Waals surface area contributed by atoms with Crippen LogP contribution < -0.4 is 5.32 Å². The SMILES string of the molecule is CCNC(c1sccc1Cl)c1cncn1C. The van der Waals surface area contributed by atoms with Gasteiger partial charge in [-0.2, -0.15) is 0 Å². The van der Waals surface area contributed by atoms with Crippen molar-refractivity contribution in [2.75, 3.05) is 6.54 Å². The van der Waals surface area contributed by atoms with Gasteiger partial charge in [-0.1, -0.05) is 18.5 Å². The van der Waals surface area contributed by atoms with Crippen molar-refractivity contribution in [1.29, 1.82) is 0 Å². The summed E-state index contributed by atoms with van der Waals surface area (Å²) in [4.78, 5) is 5.29. The van der Waals surface area contributed by atoms with E-state index in [1.54, 1.807) is 17.7 Å². The molecule has 0 aliphatic carbocycles. The van der Waals surface area contributed by atoms with Gasteiger partial charge in [0.2, 0.25) is 0 Å². The molecule has 5 heteroatoms. The van der Waals surface area contributed by atoms with E-state index in [0.29, 0.717) is 0 Å². The smallest absolute Gasteiger partial charge is 0.0946 e. The van der Waals surface area contributed by atoms with Crippen LogP contribution in [0, 0.1) is 0 Å². The topological polar surface area (TPSA) is 29.9 Å². The van der Waals surface area contributed by atoms with E-state index in [4.69, 9.17) is 11.6 Å². The third-order valence-electron chi connectivity index (χ3n) is 2.46. The number of aryl methyl sites for hydroxylation is 1. The molecule has 1 unspecified atom stereocenters. The van der Waals surface area contributed by atoms with Gasteiger partial charge in [-0.05, 0) is 18.0 Å². The molecule has 0 amide bonds. The Kier molecular flexibility index (Phi) is 3.63. The molecule has 0 fully saturated rings. The van der Waals surface area contributed by atoms with Crippen LogP contribution in [0.1, 0.15) is 23.5 Å². The predicted octanol–water partition coefficient (Wildman–Crippen LogP) is 2.83. The lowest BCUT2D eigenvalue weighted by molar-refractivity contribution is 0.601. The van der Waals surface area contributed by atoms with Gasteiger partial charge in [-0.15, -0.1) is 11.3 Å². The van der Waals surface area contributed by atoms with E-state index in [0.717, 1.165) is 22.1 Å². The number of imidazole rings is 1. The van der Waals surface area contributed by atoms with E-state index in [1.807, 2.05) is 29.3 Å². The second kappa shape index (κ2) is 4.99. The van der Waals surface area contributed by atoms with Crippen LogP contribution >= 0.6 is 22.9 Å². The first-order chi connectivity index (χ1) is 7.74. The molecule has 2 rings (SSSR count). The first-order valence-corrected chi connectivity index (χ1v) is 6.42. The maximum atomic E-state index is 6.18. The molecule has 1 atom stereocenters. The van der Waals surface area contributed by atoms with E-state index in [-0.39, 0.29) is 6.04 Å². The van der Waals surface area contributed by atoms with Gasteiger partial charge in [0.05, 0.1) is 29.3 Å². The van der Waals surface area contributed by atoms with Crippen LogP contribution in [0.3, 0.4) is 0 Å². The normalized spacial score (nSPS) is 12.9. The van der Waals surface area contributed by atoms with Gasteiger partial charge in [-0.25, -0.2) is 4.98 Å². The van der Waals surface area contributed by atoms with Gasteiger partial charge < -0.3 is 9.88 Å². The van der Waals surface area contributed by atoms with Gasteiger partial charge >= 0.3 is 0 Å². The summed E-state index contributed by atoms with van der Waals surface area (Å²) in [5, 5.41) is 6.26. The largest absolute Gasteiger partial charge is 0.336 e. The average Bonchev–Trinajstić information content (AvgIpc) is 2.84. The highest BCUT2D eigenvalue weighted by molar-refractivity contribution is 7.10. The zero-order valence-electron chi connectivity index (χ0n) is 9.27. The Bertz CT molecular complexity index is 423. The molecule has 0 aromatic carbocycles. The third-order valence-corrected chi connectivity index (χ3v) is 3.89. The Balaban J connectivity index is 2.39. The average molecular weight is 256 g/mol. The summed E-state index contributed by atoms with van der Waals surface area (Å²) in [6, 6.07) is 2.06. The zero-order chi connectivity index (χ0) is 11.5. The number of nitrogens with zero attached hydrogens (tertiary/aromatic N) is 2. The molecular formula is C11H14ClN3S. The fourth-order valence-electron chi connectivity index (χ4n) is 1.69. The molecule has 0 radical (unpaired) electrons. The van der Waals surface area contributed by atoms with Crippen LogP contribution in [-0.2, 0) is 7.05 Å². The summed E-state index contributed by atoms with van der Waals surface area (Å²) < 4.78 is 2.02. The molecule has 0 aliphatic rings. The number of nitrogens with one attached hydrogen (secondary N) is 1. The van der Waals surface area contributed by atoms with Crippen LogP contribution in [0.5, 0.6) is 0 Å². The zero-order valence-corrected chi connectivity index (χ0v) is 10.8. The van der Waals surface area contributed by atoms with Crippen molar-refractivity contribution in [1.82, 2.24) is 14.9 Å². The number of hydrogen-bond acceptors (Lipinski definition) is 3. The lowest BCUT2D eigenvalue weighted by atomic mass is 10.2. The molecule has 0 saturated heterocycles. The van der Waals surface area contributed by atoms with Gasteiger partial charge in [0.1, 0.15) is 0 Å². The van der Waals surface area contributed by atoms with Crippen molar-refractivity contribution >= 4 is 22.9 Å². The van der Waals surface area contributed by atoms with E-state index in [9.17, 15) is 0 Å². The Morgan fingerprint density at radius 1 is 1.62 bits per heavy atom. The van der Waals surface area contributed by atoms with Crippen LogP contribution in [0.2, 0.25) is 5.02 Å². The Morgan fingerprint density at radius 2 is 2.44 bits per heavy atom. The monoisotopic (exact) mass is 255 g/mol. The Hall–Kier alpha value is -0.840. The van der Waals surface area contributed by atoms with Crippen LogP contribution in [-0.4, -0.2) is 16.1 Å². The fraction of sp³-hybridized carbons (Fsp3) is 0.364. The summed E-state index contributed by atoms with van der Waals surface area (Å²) in [5.41, 5.74) is 1.13. The molecule has 0 spiro atoms. The Morgan fingerprint density at radius 3 is 2.94 bits per heavy atom. The molecule has 0 bridgehead atoms. The standard InChI is InChI=1S/C11H14ClN3S/c1-3-14-10(9-6-13-7-15(9)2)11-8(12)4-5-16-11/h4-7,10,14H,3H2,1-2H3. The van der Waals surface area contributed by atoms with Crippen molar-refractivity contribution in [3.8, 4) is 0 Å². The minimum atomic E-state index is 0.130. The molecule has 16 heavy (non-hydrogen) atoms. The molecule has 3 nitrogen and oxygen atoms in total. The number of hydrogen-bond donors (Lipinski definition) is 1. The van der Waals surface area contributed by atoms with E-state index < -0.39 is 0 Å². The van der Waals surface area contributed by atoms with Crippen molar-refractivity contribution in [2.24, 2.45) is 7.05 Å². The van der Waals surface area contributed by atoms with Crippen molar-refractivity contribution < 1.29 is 0 Å². The molecular weight excluding hydrogens is 242 g/mol. The first-order valence-electron chi connectivity index (χ1n) is 5.16. The molecule has 2 aromatic rings. The highest BCUT2D eigenvalue weighted by Crippen LogP contribution is 2.32. The lowest BCUT2D eigenvalue weighted by Crippen LogP contribution is -2.23. The fourth-order valence-corrected chi connectivity index (χ4v) is 2.94. The highest BCUT2D eigenvalue weighted by Gasteiger charge is 2.19. The molecule has 0 saturated carbocycles. The quantitative estimate of drug-likeness (QED) is 0.911. The van der Waals surface area contributed by atoms with Crippen LogP contribution in [0.15, 0.2) is 24.0 Å². The summed E-state index contributed by atoms with van der Waals surface area (Å²) in [6.07, 6.45) is 3.69. The first kappa shape index (κ1) is 11.6. The van der Waals surface area contributed by atoms with Crippen molar-refractivity contribution in [3.63, 3.8) is 0 Å². The highest BCUT2D eigenvalue weighted by atomic mass is 35.5. The third kappa shape index (κ3) is 2.14. The molecule has 2 heterocycles. The van der Waals surface area contributed by atoms with Crippen molar-refractivity contribution in [3.05, 3.63) is 39.6 Å². The summed E-state index contributed by atoms with van der Waals surface area (Å²) in [7, 11) is 1.99. The van der Waals surface area contributed by atoms with Gasteiger partial charge in [-0.3, -0.25) is 0 Å². The second-order valence-electron chi connectivity index (χ2n) is 3.55. The van der Waals surface area contributed by atoms with E-state index >= 15 is 0 Å². The van der Waals surface area contributed by atoms with E-state index in [1.165, 1.54) is 0 Å². The maximum absolute atomic E-state index is 6.18. The van der Waals surface area contributed by atoms with Crippen molar-refractivity contribution in [2.45, 2.75) is 13.0 Å². The molecule has 1 N–H and O–H groups in total. The van der Waals surface area contributed by atoms with Gasteiger partial charge in [0, 0.05) is 11.9 Å². The van der Waals surface area contributed by atoms with Gasteiger partial charge in [0.15, 0.2) is 0 Å². The number of halogens is 1. The summed E-state index contributed by atoms with van der Waals surface area (Å²) >= 11 is 7.85. The van der Waals surface area contributed by atoms with Crippen LogP contribution in [0.4, 0.5) is 0 Å². The number of rotatable bonds is 4. The Labute approximate surface area is 104 Å². The second-order valence-corrected chi connectivity index (χ2v) is 4.91. The maximum Gasteiger partial charge on any atom is 0.0946 e. The summed E-state index contributed by atoms with van der Waals surface area (Å²) in [6.45, 7) is 2.98.